The normalized spacial score (nSPS) is 28.8. The van der Waals surface area contributed by atoms with Crippen LogP contribution in [-0.2, 0) is 63.7 Å². The SMILES string of the molecule is CC(=O)O[C@@]12CO[C@@H]1C[C@H](O)[C@@]1(C)C(=O)[C@H](O)C3=C(C)[C@@H](OC(=O)[C@H](OC(=O)CC[C@@H](C(=O)OCc4ccccc4)N(C)C)[C@@H](NC(=O)OC(C)(C)C)c4ccccc4)C[C@@](O)([C@@H](OC(=O)c4ccccc4)[C@H]21)C3(C)C. The van der Waals surface area contributed by atoms with Crippen LogP contribution in [0.3, 0.4) is 0 Å². The van der Waals surface area contributed by atoms with Crippen LogP contribution in [0, 0.1) is 16.7 Å². The maximum Gasteiger partial charge on any atom is 0.408 e. The van der Waals surface area contributed by atoms with Crippen LogP contribution in [0.2, 0.25) is 0 Å². The van der Waals surface area contributed by atoms with Crippen molar-refractivity contribution in [1.29, 1.82) is 0 Å². The summed E-state index contributed by atoms with van der Waals surface area (Å²) in [5.74, 6) is -7.21. The van der Waals surface area contributed by atoms with Crippen molar-refractivity contribution < 1.29 is 82.0 Å². The van der Waals surface area contributed by atoms with Crippen LogP contribution in [0.4, 0.5) is 4.79 Å². The third kappa shape index (κ3) is 11.2. The summed E-state index contributed by atoms with van der Waals surface area (Å²) < 4.78 is 42.0. The first-order valence-corrected chi connectivity index (χ1v) is 25.4. The Morgan fingerprint density at radius 1 is 0.868 bits per heavy atom. The molecular weight excluding hydrogens is 985 g/mol. The van der Waals surface area contributed by atoms with Gasteiger partial charge < -0.3 is 53.8 Å². The van der Waals surface area contributed by atoms with Gasteiger partial charge in [-0.15, -0.1) is 0 Å². The summed E-state index contributed by atoms with van der Waals surface area (Å²) in [5, 5.41) is 41.1. The Morgan fingerprint density at radius 3 is 2.04 bits per heavy atom. The first kappa shape index (κ1) is 57.2. The lowest BCUT2D eigenvalue weighted by molar-refractivity contribution is -0.346. The molecule has 4 aliphatic rings. The van der Waals surface area contributed by atoms with Crippen LogP contribution in [0.5, 0.6) is 0 Å². The van der Waals surface area contributed by atoms with Crippen molar-refractivity contribution in [2.45, 2.75) is 153 Å². The average molecular weight is 1060 g/mol. The Kier molecular flexibility index (Phi) is 16.7. The molecule has 0 radical (unpaired) electrons. The second kappa shape index (κ2) is 22.2. The molecule has 1 heterocycles. The molecule has 19 nitrogen and oxygen atoms in total. The summed E-state index contributed by atoms with van der Waals surface area (Å²) >= 11 is 0. The second-order valence-corrected chi connectivity index (χ2v) is 22.2. The van der Waals surface area contributed by atoms with Crippen LogP contribution in [0.15, 0.2) is 102 Å². The van der Waals surface area contributed by atoms with Gasteiger partial charge in [0.1, 0.15) is 54.3 Å². The zero-order valence-electron chi connectivity index (χ0n) is 44.6. The number of Topliss-reactive ketones (excluding diaryl/α,β-unsaturated/α-hetero) is 1. The first-order chi connectivity index (χ1) is 35.7. The monoisotopic (exact) mass is 1050 g/mol. The van der Waals surface area contributed by atoms with Crippen LogP contribution in [-0.4, -0.2) is 142 Å². The average Bonchev–Trinajstić information content (AvgIpc) is 3.38. The fourth-order valence-corrected chi connectivity index (χ4v) is 11.5. The molecule has 2 saturated carbocycles. The number of fused-ring (bicyclic) bond motifs is 5. The zero-order chi connectivity index (χ0) is 55.7. The largest absolute Gasteiger partial charge is 0.460 e. The van der Waals surface area contributed by atoms with Gasteiger partial charge in [0.15, 0.2) is 11.4 Å². The molecule has 4 N–H and O–H groups in total. The van der Waals surface area contributed by atoms with E-state index in [4.69, 9.17) is 33.2 Å². The van der Waals surface area contributed by atoms with Gasteiger partial charge in [0.25, 0.3) is 0 Å². The lowest BCUT2D eigenvalue weighted by Crippen LogP contribution is -2.81. The molecule has 3 aromatic rings. The standard InChI is InChI=1S/C57H70N2O17/c1-32-38(29-57(69)48(74-49(65)36-24-18-13-19-25-36)46-55(8,47(64)44(63)42(32)54(57,6)7)39(61)28-40-56(46,31-71-40)75-33(2)60)72-51(67)45(43(35-22-16-12-17-23-35)58-52(68)76-53(3,4)5)73-41(62)27-26-37(59(9)10)50(66)70-30-34-20-14-11-15-21-34/h11-25,37-40,43-46,48,61,63,69H,26-31H2,1-10H3,(H,58,68)/t37-,38-,39-,40+,43-,44+,45+,46-,48-,55+,56-,57+/m0/s1. The molecule has 12 atom stereocenters. The molecule has 1 aliphatic heterocycles. The molecule has 2 bridgehead atoms. The van der Waals surface area contributed by atoms with Crippen molar-refractivity contribution in [2.75, 3.05) is 20.7 Å². The number of benzene rings is 3. The third-order valence-electron chi connectivity index (χ3n) is 15.5. The molecule has 1 saturated heterocycles. The highest BCUT2D eigenvalue weighted by atomic mass is 16.6. The number of aliphatic hydroxyl groups excluding tert-OH is 2. The van der Waals surface area contributed by atoms with Gasteiger partial charge in [-0.1, -0.05) is 92.7 Å². The van der Waals surface area contributed by atoms with Crippen molar-refractivity contribution in [2.24, 2.45) is 16.7 Å². The topological polar surface area (TPSA) is 260 Å². The van der Waals surface area contributed by atoms with Crippen molar-refractivity contribution >= 4 is 41.7 Å². The van der Waals surface area contributed by atoms with E-state index in [-0.39, 0.29) is 48.3 Å². The minimum absolute atomic E-state index is 0.0220. The number of esters is 5. The van der Waals surface area contributed by atoms with Gasteiger partial charge in [-0.05, 0) is 89.5 Å². The van der Waals surface area contributed by atoms with Crippen molar-refractivity contribution in [3.8, 4) is 0 Å². The predicted octanol–water partition coefficient (Wildman–Crippen LogP) is 5.26. The lowest BCUT2D eigenvalue weighted by atomic mass is 9.44. The highest BCUT2D eigenvalue weighted by Crippen LogP contribution is 2.64. The van der Waals surface area contributed by atoms with E-state index in [1.165, 1.54) is 39.8 Å². The molecule has 0 spiro atoms. The van der Waals surface area contributed by atoms with Crippen LogP contribution in [0.25, 0.3) is 0 Å². The molecule has 76 heavy (non-hydrogen) atoms. The number of nitrogens with one attached hydrogen (secondary N) is 1. The molecule has 1 amide bonds. The number of nitrogens with zero attached hydrogens (tertiary/aromatic N) is 1. The van der Waals surface area contributed by atoms with E-state index in [0.717, 1.165) is 12.5 Å². The van der Waals surface area contributed by atoms with Gasteiger partial charge in [-0.25, -0.2) is 14.4 Å². The summed E-state index contributed by atoms with van der Waals surface area (Å²) in [4.78, 5) is 101. The Labute approximate surface area is 442 Å². The molecule has 7 rings (SSSR count). The first-order valence-electron chi connectivity index (χ1n) is 25.4. The van der Waals surface area contributed by atoms with Gasteiger partial charge in [0, 0.05) is 31.6 Å². The van der Waals surface area contributed by atoms with Gasteiger partial charge in [-0.2, -0.15) is 0 Å². The number of hydrogen-bond acceptors (Lipinski definition) is 18. The quantitative estimate of drug-likeness (QED) is 0.0810. The lowest BCUT2D eigenvalue weighted by Gasteiger charge is -2.67. The number of aliphatic hydroxyl groups is 3. The minimum Gasteiger partial charge on any atom is -0.460 e. The fourth-order valence-electron chi connectivity index (χ4n) is 11.5. The van der Waals surface area contributed by atoms with E-state index < -0.39 is 137 Å². The number of ether oxygens (including phenoxy) is 7. The van der Waals surface area contributed by atoms with Gasteiger partial charge >= 0.3 is 35.9 Å². The number of carbonyl (C=O) groups is 7. The third-order valence-corrected chi connectivity index (χ3v) is 15.5. The zero-order valence-corrected chi connectivity index (χ0v) is 44.6. The van der Waals surface area contributed by atoms with E-state index in [1.54, 1.807) is 113 Å². The number of carbonyl (C=O) groups excluding carboxylic acids is 7. The molecule has 3 aliphatic carbocycles. The summed E-state index contributed by atoms with van der Waals surface area (Å²) in [5.41, 5.74) is -8.11. The van der Waals surface area contributed by atoms with E-state index in [9.17, 15) is 39.3 Å². The molecule has 19 heteroatoms. The summed E-state index contributed by atoms with van der Waals surface area (Å²) in [7, 11) is 3.27. The molecule has 3 aromatic carbocycles. The molecule has 3 fully saturated rings. The highest BCUT2D eigenvalue weighted by molar-refractivity contribution is 5.94. The summed E-state index contributed by atoms with van der Waals surface area (Å²) in [6.45, 7) is 11.6. The molecule has 0 unspecified atom stereocenters. The number of amides is 1. The molecular formula is C57H70N2O17. The van der Waals surface area contributed by atoms with Gasteiger partial charge in [0.2, 0.25) is 6.10 Å². The van der Waals surface area contributed by atoms with Crippen molar-refractivity contribution in [3.05, 3.63) is 119 Å². The number of hydrogen-bond donors (Lipinski definition) is 4. The Bertz CT molecular complexity index is 2690. The maximum atomic E-state index is 15.3. The number of ketones is 1. The fraction of sp³-hybridized carbons (Fsp3) is 0.526. The second-order valence-electron chi connectivity index (χ2n) is 22.2. The summed E-state index contributed by atoms with van der Waals surface area (Å²) in [6, 6.07) is 22.4. The van der Waals surface area contributed by atoms with Crippen LogP contribution < -0.4 is 5.32 Å². The Balaban J connectivity index is 1.31. The number of rotatable bonds is 16. The maximum absolute atomic E-state index is 15.3. The van der Waals surface area contributed by atoms with Crippen molar-refractivity contribution in [3.63, 3.8) is 0 Å². The Morgan fingerprint density at radius 2 is 1.47 bits per heavy atom. The van der Waals surface area contributed by atoms with E-state index in [2.05, 4.69) is 5.32 Å². The van der Waals surface area contributed by atoms with E-state index in [1.807, 2.05) is 6.07 Å². The Hall–Kier alpha value is -6.51. The molecule has 0 aromatic heterocycles. The van der Waals surface area contributed by atoms with Gasteiger partial charge in [0.05, 0.1) is 29.6 Å². The van der Waals surface area contributed by atoms with Crippen molar-refractivity contribution in [1.82, 2.24) is 10.2 Å². The minimum atomic E-state index is -2.47. The number of alkyl carbamates (subject to hydrolysis) is 1. The highest BCUT2D eigenvalue weighted by Gasteiger charge is 2.78. The van der Waals surface area contributed by atoms with E-state index >= 15 is 9.59 Å². The van der Waals surface area contributed by atoms with E-state index in [0.29, 0.717) is 0 Å². The van der Waals surface area contributed by atoms with Gasteiger partial charge in [-0.3, -0.25) is 24.1 Å². The molecule has 410 valence electrons. The number of likely N-dealkylation sites (N-methyl/N-ethyl adjacent to an activating group) is 1. The summed E-state index contributed by atoms with van der Waals surface area (Å²) in [6.07, 6.45) is -12.7. The van der Waals surface area contributed by atoms with Crippen LogP contribution in [0.1, 0.15) is 109 Å². The smallest absolute Gasteiger partial charge is 0.408 e. The predicted molar refractivity (Wildman–Crippen MR) is 270 cm³/mol. The van der Waals surface area contributed by atoms with Crippen LogP contribution >= 0.6 is 0 Å².